The maximum atomic E-state index is 14.1. The number of methoxy groups -OCH3 is 1. The molecule has 96 valence electrons. The van der Waals surface area contributed by atoms with E-state index in [2.05, 4.69) is 10.1 Å². The average Bonchev–Trinajstić information content (AvgIpc) is 2.68. The van der Waals surface area contributed by atoms with Gasteiger partial charge >= 0.3 is 0 Å². The Morgan fingerprint density at radius 1 is 1.39 bits per heavy atom. The van der Waals surface area contributed by atoms with Crippen molar-refractivity contribution in [3.63, 3.8) is 0 Å². The number of rotatable bonds is 3. The second kappa shape index (κ2) is 4.94. The highest BCUT2D eigenvalue weighted by Crippen LogP contribution is 2.27. The lowest BCUT2D eigenvalue weighted by Gasteiger charge is -2.11. The predicted molar refractivity (Wildman–Crippen MR) is 66.9 cm³/mol. The molecule has 1 aromatic carbocycles. The highest BCUT2D eigenvalue weighted by atomic mass is 35.5. The summed E-state index contributed by atoms with van der Waals surface area (Å²) in [6.45, 7) is 3.59. The van der Waals surface area contributed by atoms with Gasteiger partial charge in [-0.1, -0.05) is 0 Å². The van der Waals surface area contributed by atoms with Crippen molar-refractivity contribution in [1.82, 2.24) is 14.8 Å². The molecule has 1 aromatic heterocycles. The molecular weight excluding hydrogens is 257 g/mol. The predicted octanol–water partition coefficient (Wildman–Crippen LogP) is 2.77. The summed E-state index contributed by atoms with van der Waals surface area (Å²) >= 11 is 5.82. The van der Waals surface area contributed by atoms with Crippen molar-refractivity contribution in [3.8, 4) is 11.4 Å². The first-order valence-electron chi connectivity index (χ1n) is 5.40. The second-order valence-corrected chi connectivity index (χ2v) is 4.10. The van der Waals surface area contributed by atoms with Gasteiger partial charge in [0.2, 0.25) is 0 Å². The Morgan fingerprint density at radius 2 is 2.11 bits per heavy atom. The van der Waals surface area contributed by atoms with Crippen LogP contribution in [0.4, 0.5) is 4.39 Å². The van der Waals surface area contributed by atoms with Gasteiger partial charge in [0.05, 0.1) is 18.7 Å². The molecule has 4 nitrogen and oxygen atoms in total. The smallest absolute Gasteiger partial charge is 0.171 e. The lowest BCUT2D eigenvalue weighted by Crippen LogP contribution is -2.06. The fraction of sp³-hybridized carbons (Fsp3) is 0.333. The van der Waals surface area contributed by atoms with E-state index in [4.69, 9.17) is 16.3 Å². The van der Waals surface area contributed by atoms with Crippen LogP contribution in [0.15, 0.2) is 12.1 Å². The number of hydrogen-bond acceptors (Lipinski definition) is 3. The number of hydrogen-bond donors (Lipinski definition) is 0. The van der Waals surface area contributed by atoms with E-state index in [-0.39, 0.29) is 11.6 Å². The van der Waals surface area contributed by atoms with E-state index in [1.54, 1.807) is 30.7 Å². The van der Waals surface area contributed by atoms with Gasteiger partial charge in [-0.2, -0.15) is 5.10 Å². The molecule has 0 N–H and O–H groups in total. The van der Waals surface area contributed by atoms with Gasteiger partial charge in [0, 0.05) is 5.56 Å². The highest BCUT2D eigenvalue weighted by molar-refractivity contribution is 6.17. The molecule has 0 bridgehead atoms. The summed E-state index contributed by atoms with van der Waals surface area (Å²) in [5.41, 5.74) is 0.936. The Bertz CT molecular complexity index is 583. The molecule has 0 atom stereocenters. The number of aromatic nitrogens is 3. The molecule has 0 amide bonds. The van der Waals surface area contributed by atoms with Gasteiger partial charge in [-0.05, 0) is 26.0 Å². The Kier molecular flexibility index (Phi) is 3.52. The van der Waals surface area contributed by atoms with Crippen LogP contribution in [0.2, 0.25) is 0 Å². The maximum absolute atomic E-state index is 14.1. The first kappa shape index (κ1) is 12.8. The summed E-state index contributed by atoms with van der Waals surface area (Å²) < 4.78 is 20.6. The van der Waals surface area contributed by atoms with E-state index in [0.29, 0.717) is 22.9 Å². The highest BCUT2D eigenvalue weighted by Gasteiger charge is 2.16. The van der Waals surface area contributed by atoms with Crippen LogP contribution >= 0.6 is 11.6 Å². The van der Waals surface area contributed by atoms with E-state index < -0.39 is 5.82 Å². The summed E-state index contributed by atoms with van der Waals surface area (Å²) in [6, 6.07) is 3.28. The molecule has 6 heteroatoms. The molecular formula is C12H13ClFN3O. The lowest BCUT2D eigenvalue weighted by atomic mass is 10.1. The van der Waals surface area contributed by atoms with Gasteiger partial charge in [-0.15, -0.1) is 11.6 Å². The minimum atomic E-state index is -0.461. The molecule has 0 spiro atoms. The third kappa shape index (κ3) is 2.06. The molecule has 0 unspecified atom stereocenters. The van der Waals surface area contributed by atoms with Crippen LogP contribution in [0, 0.1) is 19.7 Å². The standard InChI is InChI=1S/C12H13ClFN3O/c1-7-15-8(2)17(16-7)10-4-5-11(18-3)12(14)9(10)6-13/h4-5H,6H2,1-3H3. The Labute approximate surface area is 109 Å². The van der Waals surface area contributed by atoms with Gasteiger partial charge in [0.25, 0.3) is 0 Å². The molecule has 0 radical (unpaired) electrons. The number of ether oxygens (including phenoxy) is 1. The van der Waals surface area contributed by atoms with Crippen LogP contribution in [-0.2, 0) is 5.88 Å². The zero-order valence-corrected chi connectivity index (χ0v) is 11.1. The van der Waals surface area contributed by atoms with Gasteiger partial charge in [0.1, 0.15) is 11.6 Å². The van der Waals surface area contributed by atoms with Gasteiger partial charge < -0.3 is 4.74 Å². The molecule has 0 aliphatic rings. The molecule has 0 fully saturated rings. The van der Waals surface area contributed by atoms with Gasteiger partial charge in [-0.25, -0.2) is 14.1 Å². The van der Waals surface area contributed by atoms with Crippen molar-refractivity contribution >= 4 is 11.6 Å². The topological polar surface area (TPSA) is 39.9 Å². The van der Waals surface area contributed by atoms with Crippen LogP contribution in [0.3, 0.4) is 0 Å². The number of aryl methyl sites for hydroxylation is 2. The molecule has 0 saturated carbocycles. The zero-order valence-electron chi connectivity index (χ0n) is 10.4. The van der Waals surface area contributed by atoms with E-state index >= 15 is 0 Å². The Hall–Kier alpha value is -1.62. The molecule has 0 saturated heterocycles. The number of halogens is 2. The fourth-order valence-corrected chi connectivity index (χ4v) is 2.08. The fourth-order valence-electron chi connectivity index (χ4n) is 1.82. The quantitative estimate of drug-likeness (QED) is 0.805. The maximum Gasteiger partial charge on any atom is 0.171 e. The average molecular weight is 270 g/mol. The van der Waals surface area contributed by atoms with Crippen LogP contribution < -0.4 is 4.74 Å². The third-order valence-corrected chi connectivity index (χ3v) is 2.91. The minimum absolute atomic E-state index is 0.0384. The van der Waals surface area contributed by atoms with Crippen LogP contribution in [0.5, 0.6) is 5.75 Å². The monoisotopic (exact) mass is 269 g/mol. The number of alkyl halides is 1. The Morgan fingerprint density at radius 3 is 2.61 bits per heavy atom. The van der Waals surface area contributed by atoms with Crippen molar-refractivity contribution in [2.75, 3.05) is 7.11 Å². The van der Waals surface area contributed by atoms with E-state index in [1.807, 2.05) is 0 Å². The normalized spacial score (nSPS) is 10.7. The molecule has 1 heterocycles. The number of benzene rings is 1. The van der Waals surface area contributed by atoms with Crippen LogP contribution in [0.1, 0.15) is 17.2 Å². The van der Waals surface area contributed by atoms with Crippen LogP contribution in [0.25, 0.3) is 5.69 Å². The van der Waals surface area contributed by atoms with Crippen molar-refractivity contribution in [3.05, 3.63) is 35.2 Å². The number of nitrogens with zero attached hydrogens (tertiary/aromatic N) is 3. The summed E-state index contributed by atoms with van der Waals surface area (Å²) in [5, 5.41) is 4.23. The van der Waals surface area contributed by atoms with Gasteiger partial charge in [0.15, 0.2) is 11.6 Å². The van der Waals surface area contributed by atoms with Crippen molar-refractivity contribution < 1.29 is 9.13 Å². The van der Waals surface area contributed by atoms with Crippen LogP contribution in [-0.4, -0.2) is 21.9 Å². The summed E-state index contributed by atoms with van der Waals surface area (Å²) in [7, 11) is 1.42. The molecule has 2 rings (SSSR count). The van der Waals surface area contributed by atoms with Crippen molar-refractivity contribution in [2.24, 2.45) is 0 Å². The third-order valence-electron chi connectivity index (χ3n) is 2.64. The minimum Gasteiger partial charge on any atom is -0.494 e. The zero-order chi connectivity index (χ0) is 13.3. The van der Waals surface area contributed by atoms with Gasteiger partial charge in [-0.3, -0.25) is 0 Å². The summed E-state index contributed by atoms with van der Waals surface area (Å²) in [4.78, 5) is 4.19. The molecule has 2 aromatic rings. The Balaban J connectivity index is 2.65. The van der Waals surface area contributed by atoms with Crippen molar-refractivity contribution in [2.45, 2.75) is 19.7 Å². The second-order valence-electron chi connectivity index (χ2n) is 3.83. The molecule has 0 aliphatic carbocycles. The van der Waals surface area contributed by atoms with E-state index in [9.17, 15) is 4.39 Å². The largest absolute Gasteiger partial charge is 0.494 e. The first-order chi connectivity index (χ1) is 8.58. The summed E-state index contributed by atoms with van der Waals surface area (Å²) in [6.07, 6.45) is 0. The van der Waals surface area contributed by atoms with E-state index in [0.717, 1.165) is 0 Å². The van der Waals surface area contributed by atoms with Crippen molar-refractivity contribution in [1.29, 1.82) is 0 Å². The first-order valence-corrected chi connectivity index (χ1v) is 5.94. The molecule has 0 aliphatic heterocycles. The molecule has 18 heavy (non-hydrogen) atoms. The van der Waals surface area contributed by atoms with E-state index in [1.165, 1.54) is 7.11 Å². The SMILES string of the molecule is COc1ccc(-n2nc(C)nc2C)c(CCl)c1F. The summed E-state index contributed by atoms with van der Waals surface area (Å²) in [5.74, 6) is 1.06. The lowest BCUT2D eigenvalue weighted by molar-refractivity contribution is 0.384.